The molecule has 0 bridgehead atoms. The minimum Gasteiger partial charge on any atom is -0.450 e. The summed E-state index contributed by atoms with van der Waals surface area (Å²) in [5, 5.41) is 2.92. The predicted octanol–water partition coefficient (Wildman–Crippen LogP) is 0.736. The minimum atomic E-state index is -0.339. The van der Waals surface area contributed by atoms with E-state index < -0.39 is 0 Å². The Morgan fingerprint density at radius 2 is 1.64 bits per heavy atom. The third kappa shape index (κ3) is 4.61. The Bertz CT molecular complexity index is 413. The van der Waals surface area contributed by atoms with Crippen molar-refractivity contribution in [3.63, 3.8) is 0 Å². The largest absolute Gasteiger partial charge is 0.450 e. The number of rotatable bonds is 4. The van der Waals surface area contributed by atoms with Gasteiger partial charge in [-0.1, -0.05) is 12.8 Å². The zero-order valence-corrected chi connectivity index (χ0v) is 13.2. The molecule has 124 valence electrons. The summed E-state index contributed by atoms with van der Waals surface area (Å²) in [6.45, 7) is 3.92. The molecule has 22 heavy (non-hydrogen) atoms. The molecule has 0 radical (unpaired) electrons. The molecule has 0 atom stereocenters. The maximum absolute atomic E-state index is 12.1. The summed E-state index contributed by atoms with van der Waals surface area (Å²) in [7, 11) is 0. The van der Waals surface area contributed by atoms with Gasteiger partial charge in [-0.2, -0.15) is 0 Å². The van der Waals surface area contributed by atoms with Crippen molar-refractivity contribution in [3.8, 4) is 0 Å². The first-order valence-electron chi connectivity index (χ1n) is 8.09. The molecule has 3 amide bonds. The summed E-state index contributed by atoms with van der Waals surface area (Å²) in [5.74, 6) is -0.358. The average Bonchev–Trinajstić information content (AvgIpc) is 3.00. The first-order valence-corrected chi connectivity index (χ1v) is 8.09. The maximum Gasteiger partial charge on any atom is 0.409 e. The lowest BCUT2D eigenvalue weighted by molar-refractivity contribution is -0.137. The molecular formula is C15H25N3O4. The number of nitrogens with zero attached hydrogens (tertiary/aromatic N) is 2. The summed E-state index contributed by atoms with van der Waals surface area (Å²) >= 11 is 0. The molecule has 2 rings (SSSR count). The van der Waals surface area contributed by atoms with E-state index in [9.17, 15) is 14.4 Å². The predicted molar refractivity (Wildman–Crippen MR) is 80.2 cm³/mol. The van der Waals surface area contributed by atoms with Crippen molar-refractivity contribution >= 4 is 17.9 Å². The standard InChI is InChI=1S/C15H25N3O4/c1-2-22-15(21)18-9-7-17(8-10-18)14(20)11-13(19)16-12-5-3-4-6-12/h12H,2-11H2,1H3,(H,16,19). The number of piperazine rings is 1. The fraction of sp³-hybridized carbons (Fsp3) is 0.800. The highest BCUT2D eigenvalue weighted by atomic mass is 16.6. The molecule has 2 aliphatic rings. The van der Waals surface area contributed by atoms with Crippen molar-refractivity contribution in [1.29, 1.82) is 0 Å². The van der Waals surface area contributed by atoms with E-state index in [1.165, 1.54) is 0 Å². The highest BCUT2D eigenvalue weighted by molar-refractivity contribution is 5.97. The molecule has 2 fully saturated rings. The van der Waals surface area contributed by atoms with E-state index in [1.807, 2.05) is 0 Å². The lowest BCUT2D eigenvalue weighted by Crippen LogP contribution is -2.51. The Balaban J connectivity index is 1.70. The average molecular weight is 311 g/mol. The van der Waals surface area contributed by atoms with Gasteiger partial charge >= 0.3 is 6.09 Å². The van der Waals surface area contributed by atoms with Crippen LogP contribution in [0.3, 0.4) is 0 Å². The van der Waals surface area contributed by atoms with Crippen molar-refractivity contribution in [3.05, 3.63) is 0 Å². The van der Waals surface area contributed by atoms with Gasteiger partial charge in [-0.25, -0.2) is 4.79 Å². The van der Waals surface area contributed by atoms with Crippen molar-refractivity contribution in [1.82, 2.24) is 15.1 Å². The molecule has 1 saturated carbocycles. The summed E-state index contributed by atoms with van der Waals surface area (Å²) in [4.78, 5) is 38.8. The Morgan fingerprint density at radius 3 is 2.23 bits per heavy atom. The van der Waals surface area contributed by atoms with Crippen LogP contribution in [0.4, 0.5) is 4.79 Å². The number of amides is 3. The number of carbonyl (C=O) groups excluding carboxylic acids is 3. The van der Waals surface area contributed by atoms with E-state index >= 15 is 0 Å². The topological polar surface area (TPSA) is 79.0 Å². The van der Waals surface area contributed by atoms with Gasteiger partial charge in [0.15, 0.2) is 0 Å². The second kappa shape index (κ2) is 8.00. The summed E-state index contributed by atoms with van der Waals surface area (Å²) in [5.41, 5.74) is 0. The van der Waals surface area contributed by atoms with E-state index in [0.717, 1.165) is 25.7 Å². The number of ether oxygens (including phenoxy) is 1. The lowest BCUT2D eigenvalue weighted by Gasteiger charge is -2.34. The second-order valence-electron chi connectivity index (χ2n) is 5.79. The molecular weight excluding hydrogens is 286 g/mol. The van der Waals surface area contributed by atoms with E-state index in [2.05, 4.69) is 5.32 Å². The quantitative estimate of drug-likeness (QED) is 0.777. The van der Waals surface area contributed by atoms with E-state index in [4.69, 9.17) is 4.74 Å². The van der Waals surface area contributed by atoms with E-state index in [-0.39, 0.29) is 30.4 Å². The van der Waals surface area contributed by atoms with Gasteiger partial charge in [0.1, 0.15) is 6.42 Å². The van der Waals surface area contributed by atoms with Gasteiger partial charge in [0.2, 0.25) is 11.8 Å². The number of nitrogens with one attached hydrogen (secondary N) is 1. The van der Waals surface area contributed by atoms with Crippen LogP contribution in [0.2, 0.25) is 0 Å². The summed E-state index contributed by atoms with van der Waals surface area (Å²) < 4.78 is 4.94. The van der Waals surface area contributed by atoms with Gasteiger partial charge in [0.05, 0.1) is 6.61 Å². The Kier molecular flexibility index (Phi) is 6.03. The fourth-order valence-corrected chi connectivity index (χ4v) is 2.95. The summed E-state index contributed by atoms with van der Waals surface area (Å²) in [6, 6.07) is 0.237. The summed E-state index contributed by atoms with van der Waals surface area (Å²) in [6.07, 6.45) is 3.88. The molecule has 1 aliphatic heterocycles. The van der Waals surface area contributed by atoms with Crippen molar-refractivity contribution in [2.45, 2.75) is 45.1 Å². The van der Waals surface area contributed by atoms with Crippen LogP contribution in [0.15, 0.2) is 0 Å². The highest BCUT2D eigenvalue weighted by Gasteiger charge is 2.26. The van der Waals surface area contributed by atoms with Crippen LogP contribution in [0, 0.1) is 0 Å². The van der Waals surface area contributed by atoms with Gasteiger partial charge in [-0.3, -0.25) is 9.59 Å². The van der Waals surface area contributed by atoms with E-state index in [1.54, 1.807) is 16.7 Å². The molecule has 0 aromatic rings. The molecule has 0 unspecified atom stereocenters. The minimum absolute atomic E-state index is 0.101. The van der Waals surface area contributed by atoms with Crippen LogP contribution < -0.4 is 5.32 Å². The van der Waals surface area contributed by atoms with Gasteiger partial charge in [-0.15, -0.1) is 0 Å². The zero-order chi connectivity index (χ0) is 15.9. The van der Waals surface area contributed by atoms with E-state index in [0.29, 0.717) is 32.8 Å². The molecule has 7 heteroatoms. The maximum atomic E-state index is 12.1. The third-order valence-electron chi connectivity index (χ3n) is 4.19. The molecule has 1 aliphatic carbocycles. The Hall–Kier alpha value is -1.79. The van der Waals surface area contributed by atoms with Gasteiger partial charge in [0, 0.05) is 32.2 Å². The van der Waals surface area contributed by atoms with Crippen molar-refractivity contribution in [2.24, 2.45) is 0 Å². The number of hydrogen-bond donors (Lipinski definition) is 1. The first-order chi connectivity index (χ1) is 10.6. The van der Waals surface area contributed by atoms with Gasteiger partial charge in [0.25, 0.3) is 0 Å². The van der Waals surface area contributed by atoms with Crippen LogP contribution in [-0.4, -0.2) is 66.5 Å². The van der Waals surface area contributed by atoms with Gasteiger partial charge in [-0.05, 0) is 19.8 Å². The first kappa shape index (κ1) is 16.6. The zero-order valence-electron chi connectivity index (χ0n) is 13.2. The molecule has 1 N–H and O–H groups in total. The molecule has 1 saturated heterocycles. The normalized spacial score (nSPS) is 19.1. The smallest absolute Gasteiger partial charge is 0.409 e. The SMILES string of the molecule is CCOC(=O)N1CCN(C(=O)CC(=O)NC2CCCC2)CC1. The van der Waals surface area contributed by atoms with Crippen molar-refractivity contribution < 1.29 is 19.1 Å². The molecule has 0 spiro atoms. The lowest BCUT2D eigenvalue weighted by atomic mass is 10.2. The van der Waals surface area contributed by atoms with Gasteiger partial charge < -0.3 is 19.9 Å². The number of carbonyl (C=O) groups is 3. The molecule has 0 aromatic carbocycles. The molecule has 7 nitrogen and oxygen atoms in total. The highest BCUT2D eigenvalue weighted by Crippen LogP contribution is 2.17. The van der Waals surface area contributed by atoms with Crippen LogP contribution in [-0.2, 0) is 14.3 Å². The monoisotopic (exact) mass is 311 g/mol. The van der Waals surface area contributed by atoms with Crippen molar-refractivity contribution in [2.75, 3.05) is 32.8 Å². The van der Waals surface area contributed by atoms with Crippen LogP contribution in [0.1, 0.15) is 39.0 Å². The third-order valence-corrected chi connectivity index (χ3v) is 4.19. The van der Waals surface area contributed by atoms with Crippen LogP contribution in [0.5, 0.6) is 0 Å². The second-order valence-corrected chi connectivity index (χ2v) is 5.79. The van der Waals surface area contributed by atoms with Crippen LogP contribution >= 0.6 is 0 Å². The van der Waals surface area contributed by atoms with Crippen LogP contribution in [0.25, 0.3) is 0 Å². The Morgan fingerprint density at radius 1 is 1.05 bits per heavy atom. The fourth-order valence-electron chi connectivity index (χ4n) is 2.95. The molecule has 0 aromatic heterocycles. The molecule has 1 heterocycles. The Labute approximate surface area is 131 Å². The number of hydrogen-bond acceptors (Lipinski definition) is 4.